The highest BCUT2D eigenvalue weighted by Crippen LogP contribution is 2.28. The summed E-state index contributed by atoms with van der Waals surface area (Å²) in [5, 5.41) is 0. The zero-order chi connectivity index (χ0) is 12.5. The maximum Gasteiger partial charge on any atom is 0.145 e. The fourth-order valence-electron chi connectivity index (χ4n) is 3.16. The predicted molar refractivity (Wildman–Crippen MR) is 80.8 cm³/mol. The van der Waals surface area contributed by atoms with Gasteiger partial charge >= 0.3 is 0 Å². The van der Waals surface area contributed by atoms with Crippen LogP contribution in [0.4, 0.5) is 5.82 Å². The average molecular weight is 358 g/mol. The minimum absolute atomic E-state index is 0.544. The zero-order valence-electron chi connectivity index (χ0n) is 10.7. The van der Waals surface area contributed by atoms with Gasteiger partial charge in [-0.25, -0.2) is 9.97 Å². The number of halogens is 1. The third kappa shape index (κ3) is 2.34. The Kier molecular flexibility index (Phi) is 3.70. The van der Waals surface area contributed by atoms with Gasteiger partial charge in [0, 0.05) is 31.4 Å². The Morgan fingerprint density at radius 1 is 1.33 bits per heavy atom. The predicted octanol–water partition coefficient (Wildman–Crippen LogP) is 2.14. The number of fused-ring (bicyclic) bond motifs is 1. The summed E-state index contributed by atoms with van der Waals surface area (Å²) in [5.41, 5.74) is 0. The number of piperazine rings is 1. The van der Waals surface area contributed by atoms with Crippen LogP contribution in [0.25, 0.3) is 0 Å². The van der Waals surface area contributed by atoms with Crippen molar-refractivity contribution in [2.24, 2.45) is 0 Å². The third-order valence-corrected chi connectivity index (χ3v) is 4.87. The molecular formula is C13H19IN4. The number of hydrogen-bond acceptors (Lipinski definition) is 4. The largest absolute Gasteiger partial charge is 0.350 e. The molecule has 18 heavy (non-hydrogen) atoms. The Morgan fingerprint density at radius 2 is 2.22 bits per heavy atom. The van der Waals surface area contributed by atoms with Gasteiger partial charge in [-0.1, -0.05) is 6.42 Å². The minimum Gasteiger partial charge on any atom is -0.350 e. The van der Waals surface area contributed by atoms with E-state index in [1.165, 1.54) is 32.4 Å². The molecule has 1 aromatic rings. The van der Waals surface area contributed by atoms with Gasteiger partial charge in [-0.05, 0) is 48.9 Å². The van der Waals surface area contributed by atoms with Gasteiger partial charge in [-0.2, -0.15) is 0 Å². The van der Waals surface area contributed by atoms with Crippen molar-refractivity contribution in [2.75, 3.05) is 24.5 Å². The first-order chi connectivity index (χ1) is 8.75. The second-order valence-electron chi connectivity index (χ2n) is 5.34. The molecule has 1 aromatic heterocycles. The molecule has 3 rings (SSSR count). The second-order valence-corrected chi connectivity index (χ2v) is 6.50. The van der Waals surface area contributed by atoms with E-state index in [0.29, 0.717) is 6.04 Å². The summed E-state index contributed by atoms with van der Waals surface area (Å²) in [6.45, 7) is 5.88. The van der Waals surface area contributed by atoms with Crippen LogP contribution in [-0.4, -0.2) is 46.6 Å². The molecule has 5 heteroatoms. The molecule has 0 aliphatic carbocycles. The zero-order valence-corrected chi connectivity index (χ0v) is 12.9. The Hall–Kier alpha value is -0.430. The van der Waals surface area contributed by atoms with Gasteiger partial charge in [0.25, 0.3) is 0 Å². The van der Waals surface area contributed by atoms with E-state index in [4.69, 9.17) is 0 Å². The van der Waals surface area contributed by atoms with Gasteiger partial charge in [0.2, 0.25) is 0 Å². The fraction of sp³-hybridized carbons (Fsp3) is 0.692. The van der Waals surface area contributed by atoms with Crippen molar-refractivity contribution in [1.29, 1.82) is 0 Å². The summed E-state index contributed by atoms with van der Waals surface area (Å²) in [7, 11) is 0. The topological polar surface area (TPSA) is 32.3 Å². The number of anilines is 1. The molecule has 2 atom stereocenters. The van der Waals surface area contributed by atoms with Crippen LogP contribution in [0.5, 0.6) is 0 Å². The van der Waals surface area contributed by atoms with Gasteiger partial charge in [-0.15, -0.1) is 0 Å². The molecule has 0 N–H and O–H groups in total. The van der Waals surface area contributed by atoms with Crippen LogP contribution in [0.1, 0.15) is 26.2 Å². The van der Waals surface area contributed by atoms with Gasteiger partial charge in [0.1, 0.15) is 12.1 Å². The lowest BCUT2D eigenvalue weighted by atomic mass is 9.97. The SMILES string of the molecule is CC1CN2CCCCC2CN1c1ncncc1I. The van der Waals surface area contributed by atoms with E-state index >= 15 is 0 Å². The van der Waals surface area contributed by atoms with Gasteiger partial charge in [0.15, 0.2) is 0 Å². The van der Waals surface area contributed by atoms with Crippen LogP contribution >= 0.6 is 22.6 Å². The number of rotatable bonds is 1. The summed E-state index contributed by atoms with van der Waals surface area (Å²) < 4.78 is 1.16. The minimum atomic E-state index is 0.544. The van der Waals surface area contributed by atoms with E-state index in [9.17, 15) is 0 Å². The average Bonchev–Trinajstić information content (AvgIpc) is 2.39. The first kappa shape index (κ1) is 12.6. The first-order valence-corrected chi connectivity index (χ1v) is 7.80. The van der Waals surface area contributed by atoms with Crippen molar-refractivity contribution in [2.45, 2.75) is 38.3 Å². The summed E-state index contributed by atoms with van der Waals surface area (Å²) in [5.74, 6) is 1.11. The molecule has 2 aliphatic heterocycles. The van der Waals surface area contributed by atoms with E-state index in [1.54, 1.807) is 6.33 Å². The summed E-state index contributed by atoms with van der Waals surface area (Å²) in [6, 6.07) is 1.27. The highest BCUT2D eigenvalue weighted by atomic mass is 127. The smallest absolute Gasteiger partial charge is 0.145 e. The number of piperidine rings is 1. The third-order valence-electron chi connectivity index (χ3n) is 4.11. The van der Waals surface area contributed by atoms with E-state index in [-0.39, 0.29) is 0 Å². The lowest BCUT2D eigenvalue weighted by Crippen LogP contribution is -2.59. The van der Waals surface area contributed by atoms with Crippen molar-refractivity contribution in [3.05, 3.63) is 16.1 Å². The summed E-state index contributed by atoms with van der Waals surface area (Å²) in [6.07, 6.45) is 7.66. The molecule has 2 fully saturated rings. The lowest BCUT2D eigenvalue weighted by Gasteiger charge is -2.48. The maximum absolute atomic E-state index is 4.48. The standard InChI is InChI=1S/C13H19IN4/c1-10-7-17-5-3-2-4-11(17)8-18(10)13-12(14)6-15-9-16-13/h6,9-11H,2-5,7-8H2,1H3. The molecule has 2 saturated heterocycles. The van der Waals surface area contributed by atoms with Gasteiger partial charge < -0.3 is 4.90 Å². The second kappa shape index (κ2) is 5.28. The molecule has 0 radical (unpaired) electrons. The highest BCUT2D eigenvalue weighted by Gasteiger charge is 2.34. The van der Waals surface area contributed by atoms with Crippen molar-refractivity contribution >= 4 is 28.4 Å². The van der Waals surface area contributed by atoms with Crippen molar-refractivity contribution in [3.63, 3.8) is 0 Å². The molecule has 4 nitrogen and oxygen atoms in total. The Labute approximate surface area is 122 Å². The number of hydrogen-bond donors (Lipinski definition) is 0. The Balaban J connectivity index is 1.82. The summed E-state index contributed by atoms with van der Waals surface area (Å²) >= 11 is 2.34. The van der Waals surface area contributed by atoms with Crippen LogP contribution in [-0.2, 0) is 0 Å². The molecule has 0 saturated carbocycles. The number of nitrogens with zero attached hydrogens (tertiary/aromatic N) is 4. The first-order valence-electron chi connectivity index (χ1n) is 6.72. The summed E-state index contributed by atoms with van der Waals surface area (Å²) in [4.78, 5) is 13.7. The van der Waals surface area contributed by atoms with E-state index < -0.39 is 0 Å². The van der Waals surface area contributed by atoms with Crippen molar-refractivity contribution in [3.8, 4) is 0 Å². The quantitative estimate of drug-likeness (QED) is 0.721. The molecule has 0 amide bonds. The highest BCUT2D eigenvalue weighted by molar-refractivity contribution is 14.1. The normalized spacial score (nSPS) is 29.1. The van der Waals surface area contributed by atoms with E-state index in [0.717, 1.165) is 22.0 Å². The van der Waals surface area contributed by atoms with Crippen LogP contribution in [0.2, 0.25) is 0 Å². The van der Waals surface area contributed by atoms with E-state index in [2.05, 4.69) is 49.3 Å². The van der Waals surface area contributed by atoms with Crippen LogP contribution in [0.15, 0.2) is 12.5 Å². The monoisotopic (exact) mass is 358 g/mol. The van der Waals surface area contributed by atoms with E-state index in [1.807, 2.05) is 6.20 Å². The Bertz CT molecular complexity index is 425. The molecule has 98 valence electrons. The Morgan fingerprint density at radius 3 is 3.06 bits per heavy atom. The molecular weight excluding hydrogens is 339 g/mol. The number of aromatic nitrogens is 2. The molecule has 3 heterocycles. The molecule has 0 aromatic carbocycles. The van der Waals surface area contributed by atoms with Crippen LogP contribution < -0.4 is 4.90 Å². The van der Waals surface area contributed by atoms with Gasteiger partial charge in [0.05, 0.1) is 3.57 Å². The molecule has 0 bridgehead atoms. The van der Waals surface area contributed by atoms with Crippen molar-refractivity contribution < 1.29 is 0 Å². The van der Waals surface area contributed by atoms with Crippen LogP contribution in [0.3, 0.4) is 0 Å². The molecule has 2 aliphatic rings. The van der Waals surface area contributed by atoms with Gasteiger partial charge in [-0.3, -0.25) is 4.90 Å². The maximum atomic E-state index is 4.48. The molecule has 0 spiro atoms. The molecule has 2 unspecified atom stereocenters. The lowest BCUT2D eigenvalue weighted by molar-refractivity contribution is 0.115. The van der Waals surface area contributed by atoms with Crippen molar-refractivity contribution in [1.82, 2.24) is 14.9 Å². The fourth-order valence-corrected chi connectivity index (χ4v) is 3.77. The van der Waals surface area contributed by atoms with Crippen LogP contribution in [0, 0.1) is 3.57 Å².